The lowest BCUT2D eigenvalue weighted by molar-refractivity contribution is 0.0365. The van der Waals surface area contributed by atoms with Gasteiger partial charge in [0, 0.05) is 54.7 Å². The number of aromatic nitrogens is 2. The van der Waals surface area contributed by atoms with E-state index < -0.39 is 0 Å². The van der Waals surface area contributed by atoms with E-state index in [1.54, 1.807) is 7.11 Å². The summed E-state index contributed by atoms with van der Waals surface area (Å²) in [6.45, 7) is 11.8. The Morgan fingerprint density at radius 3 is 2.49 bits per heavy atom. The predicted molar refractivity (Wildman–Crippen MR) is 151 cm³/mol. The highest BCUT2D eigenvalue weighted by molar-refractivity contribution is 5.85. The number of nitrogens with one attached hydrogen (secondary N) is 1. The Morgan fingerprint density at radius 1 is 1.03 bits per heavy atom. The van der Waals surface area contributed by atoms with Gasteiger partial charge in [-0.25, -0.2) is 9.97 Å². The molecule has 0 spiro atoms. The standard InChI is InChI=1S/C30H41N5O2/c1-22(2)28-27(36-3)11-6-24-21-31-30(33-29(24)28)32-25-7-9-26(10-8-25)35-15-12-23(13-16-35)5-4-14-34-17-19-37-20-18-34/h6-11,21-23H,4-5,12-20H2,1-3H3,(H,31,32,33). The van der Waals surface area contributed by atoms with Crippen LogP contribution >= 0.6 is 0 Å². The molecule has 0 atom stereocenters. The molecule has 2 aliphatic rings. The summed E-state index contributed by atoms with van der Waals surface area (Å²) in [5, 5.41) is 4.42. The van der Waals surface area contributed by atoms with Gasteiger partial charge in [0.1, 0.15) is 5.75 Å². The number of morpholine rings is 1. The fraction of sp³-hybridized carbons (Fsp3) is 0.533. The summed E-state index contributed by atoms with van der Waals surface area (Å²) in [4.78, 5) is 14.5. The van der Waals surface area contributed by atoms with E-state index in [1.807, 2.05) is 18.3 Å². The van der Waals surface area contributed by atoms with Gasteiger partial charge in [0.2, 0.25) is 5.95 Å². The summed E-state index contributed by atoms with van der Waals surface area (Å²) in [6.07, 6.45) is 7.12. The van der Waals surface area contributed by atoms with Crippen molar-refractivity contribution < 1.29 is 9.47 Å². The van der Waals surface area contributed by atoms with Gasteiger partial charge in [0.15, 0.2) is 0 Å². The van der Waals surface area contributed by atoms with Crippen LogP contribution in [0.2, 0.25) is 0 Å². The molecule has 0 saturated carbocycles. The van der Waals surface area contributed by atoms with Gasteiger partial charge in [-0.1, -0.05) is 13.8 Å². The van der Waals surface area contributed by atoms with Crippen LogP contribution in [-0.2, 0) is 4.74 Å². The van der Waals surface area contributed by atoms with E-state index >= 15 is 0 Å². The van der Waals surface area contributed by atoms with Crippen molar-refractivity contribution in [1.29, 1.82) is 0 Å². The first-order valence-electron chi connectivity index (χ1n) is 13.9. The van der Waals surface area contributed by atoms with Crippen LogP contribution in [0.3, 0.4) is 0 Å². The monoisotopic (exact) mass is 503 g/mol. The second-order valence-electron chi connectivity index (χ2n) is 10.7. The molecule has 0 aliphatic carbocycles. The van der Waals surface area contributed by atoms with Crippen molar-refractivity contribution in [3.63, 3.8) is 0 Å². The number of hydrogen-bond acceptors (Lipinski definition) is 7. The van der Waals surface area contributed by atoms with Crippen molar-refractivity contribution in [2.24, 2.45) is 5.92 Å². The van der Waals surface area contributed by atoms with Gasteiger partial charge in [0.25, 0.3) is 0 Å². The molecule has 0 amide bonds. The van der Waals surface area contributed by atoms with E-state index in [1.165, 1.54) is 37.9 Å². The van der Waals surface area contributed by atoms with Crippen molar-refractivity contribution in [3.05, 3.63) is 48.2 Å². The van der Waals surface area contributed by atoms with Gasteiger partial charge in [-0.15, -0.1) is 0 Å². The first-order chi connectivity index (χ1) is 18.1. The van der Waals surface area contributed by atoms with Crippen LogP contribution in [0.4, 0.5) is 17.3 Å². The molecule has 37 heavy (non-hydrogen) atoms. The number of nitrogens with zero attached hydrogens (tertiary/aromatic N) is 4. The Labute approximate surface area is 221 Å². The zero-order chi connectivity index (χ0) is 25.6. The third-order valence-electron chi connectivity index (χ3n) is 7.84. The van der Waals surface area contributed by atoms with Crippen LogP contribution in [0.1, 0.15) is 51.0 Å². The van der Waals surface area contributed by atoms with Gasteiger partial charge in [-0.2, -0.15) is 0 Å². The number of anilines is 3. The molecule has 0 unspecified atom stereocenters. The quantitative estimate of drug-likeness (QED) is 0.394. The summed E-state index contributed by atoms with van der Waals surface area (Å²) in [7, 11) is 1.71. The van der Waals surface area contributed by atoms with Gasteiger partial charge in [-0.05, 0) is 80.5 Å². The van der Waals surface area contributed by atoms with E-state index in [2.05, 4.69) is 58.2 Å². The second kappa shape index (κ2) is 12.1. The molecule has 0 radical (unpaired) electrons. The summed E-state index contributed by atoms with van der Waals surface area (Å²) in [6, 6.07) is 12.7. The van der Waals surface area contributed by atoms with E-state index in [9.17, 15) is 0 Å². The first-order valence-corrected chi connectivity index (χ1v) is 13.9. The number of benzene rings is 2. The van der Waals surface area contributed by atoms with Crippen molar-refractivity contribution in [2.45, 2.75) is 45.4 Å². The van der Waals surface area contributed by atoms with Gasteiger partial charge < -0.3 is 19.7 Å². The molecular weight excluding hydrogens is 462 g/mol. The van der Waals surface area contributed by atoms with Gasteiger partial charge in [0.05, 0.1) is 25.8 Å². The number of hydrogen-bond donors (Lipinski definition) is 1. The highest BCUT2D eigenvalue weighted by Gasteiger charge is 2.20. The van der Waals surface area contributed by atoms with Crippen LogP contribution in [0.15, 0.2) is 42.6 Å². The fourth-order valence-electron chi connectivity index (χ4n) is 5.69. The van der Waals surface area contributed by atoms with Crippen molar-refractivity contribution in [2.75, 3.05) is 63.3 Å². The Hall–Kier alpha value is -2.90. The lowest BCUT2D eigenvalue weighted by Gasteiger charge is -2.34. The fourth-order valence-corrected chi connectivity index (χ4v) is 5.69. The first kappa shape index (κ1) is 25.7. The minimum atomic E-state index is 0.301. The highest BCUT2D eigenvalue weighted by Crippen LogP contribution is 2.33. The minimum Gasteiger partial charge on any atom is -0.496 e. The lowest BCUT2D eigenvalue weighted by atomic mass is 9.92. The minimum absolute atomic E-state index is 0.301. The Bertz CT molecular complexity index is 1150. The largest absolute Gasteiger partial charge is 0.496 e. The van der Waals surface area contributed by atoms with E-state index in [0.717, 1.165) is 73.2 Å². The third-order valence-corrected chi connectivity index (χ3v) is 7.84. The van der Waals surface area contributed by atoms with Crippen LogP contribution in [-0.4, -0.2) is 67.9 Å². The third kappa shape index (κ3) is 6.33. The second-order valence-corrected chi connectivity index (χ2v) is 10.7. The zero-order valence-corrected chi connectivity index (χ0v) is 22.6. The Kier molecular flexibility index (Phi) is 8.41. The Balaban J connectivity index is 1.15. The van der Waals surface area contributed by atoms with Crippen LogP contribution in [0, 0.1) is 5.92 Å². The molecule has 1 N–H and O–H groups in total. The topological polar surface area (TPSA) is 62.8 Å². The van der Waals surface area contributed by atoms with Gasteiger partial charge in [-0.3, -0.25) is 4.90 Å². The number of fused-ring (bicyclic) bond motifs is 1. The molecule has 3 aromatic rings. The molecule has 7 nitrogen and oxygen atoms in total. The summed E-state index contributed by atoms with van der Waals surface area (Å²) >= 11 is 0. The van der Waals surface area contributed by atoms with E-state index in [0.29, 0.717) is 11.9 Å². The molecule has 3 heterocycles. The van der Waals surface area contributed by atoms with Crippen molar-refractivity contribution >= 4 is 28.2 Å². The molecular formula is C30H41N5O2. The van der Waals surface area contributed by atoms with Crippen molar-refractivity contribution in [3.8, 4) is 5.75 Å². The maximum absolute atomic E-state index is 5.60. The molecule has 1 aromatic heterocycles. The van der Waals surface area contributed by atoms with Crippen LogP contribution in [0.5, 0.6) is 5.75 Å². The molecule has 0 bridgehead atoms. The normalized spacial score (nSPS) is 17.5. The van der Waals surface area contributed by atoms with E-state index in [4.69, 9.17) is 14.5 Å². The summed E-state index contributed by atoms with van der Waals surface area (Å²) in [5.41, 5.74) is 4.35. The highest BCUT2D eigenvalue weighted by atomic mass is 16.5. The zero-order valence-electron chi connectivity index (χ0n) is 22.6. The molecule has 2 aromatic carbocycles. The number of ether oxygens (including phenoxy) is 2. The number of piperidine rings is 1. The molecule has 5 rings (SSSR count). The predicted octanol–water partition coefficient (Wildman–Crippen LogP) is 5.83. The molecule has 198 valence electrons. The number of rotatable bonds is 9. The lowest BCUT2D eigenvalue weighted by Crippen LogP contribution is -2.37. The molecule has 2 fully saturated rings. The average molecular weight is 504 g/mol. The Morgan fingerprint density at radius 2 is 1.78 bits per heavy atom. The maximum Gasteiger partial charge on any atom is 0.227 e. The smallest absolute Gasteiger partial charge is 0.227 e. The molecule has 2 saturated heterocycles. The van der Waals surface area contributed by atoms with Crippen molar-refractivity contribution in [1.82, 2.24) is 14.9 Å². The SMILES string of the molecule is COc1ccc2cnc(Nc3ccc(N4CCC(CCCN5CCOCC5)CC4)cc3)nc2c1C(C)C. The van der Waals surface area contributed by atoms with E-state index in [-0.39, 0.29) is 0 Å². The van der Waals surface area contributed by atoms with Gasteiger partial charge >= 0.3 is 0 Å². The summed E-state index contributed by atoms with van der Waals surface area (Å²) in [5.74, 6) is 2.64. The maximum atomic E-state index is 5.60. The molecule has 2 aliphatic heterocycles. The summed E-state index contributed by atoms with van der Waals surface area (Å²) < 4.78 is 11.1. The van der Waals surface area contributed by atoms with Crippen LogP contribution in [0.25, 0.3) is 10.9 Å². The molecule has 7 heteroatoms. The average Bonchev–Trinajstić information content (AvgIpc) is 2.93. The number of methoxy groups -OCH3 is 1. The van der Waals surface area contributed by atoms with Crippen LogP contribution < -0.4 is 15.0 Å².